The van der Waals surface area contributed by atoms with Crippen molar-refractivity contribution in [1.82, 2.24) is 10.6 Å². The summed E-state index contributed by atoms with van der Waals surface area (Å²) in [6, 6.07) is 8.93. The number of alkyl carbamates (subject to hydrolysis) is 1. The summed E-state index contributed by atoms with van der Waals surface area (Å²) in [6.07, 6.45) is 6.79. The average Bonchev–Trinajstić information content (AvgIpc) is 2.59. The molecular weight excluding hydrogens is 328 g/mol. The van der Waals surface area contributed by atoms with Crippen molar-refractivity contribution in [2.45, 2.75) is 63.6 Å². The lowest BCUT2D eigenvalue weighted by atomic mass is 9.53. The summed E-state index contributed by atoms with van der Waals surface area (Å²) in [4.78, 5) is 24.6. The number of benzene rings is 1. The van der Waals surface area contributed by atoms with Crippen molar-refractivity contribution < 1.29 is 14.3 Å². The van der Waals surface area contributed by atoms with Gasteiger partial charge in [-0.3, -0.25) is 4.79 Å². The first-order valence-corrected chi connectivity index (χ1v) is 9.80. The number of hydrogen-bond acceptors (Lipinski definition) is 3. The molecule has 0 saturated heterocycles. The molecule has 5 rings (SSSR count). The number of rotatable bonds is 5. The Balaban J connectivity index is 1.27. The zero-order valence-corrected chi connectivity index (χ0v) is 15.4. The Morgan fingerprint density at radius 1 is 1.08 bits per heavy atom. The van der Waals surface area contributed by atoms with Crippen LogP contribution in [0.15, 0.2) is 30.3 Å². The topological polar surface area (TPSA) is 67.4 Å². The predicted octanol–water partition coefficient (Wildman–Crippen LogP) is 3.39. The first kappa shape index (κ1) is 17.4. The normalized spacial score (nSPS) is 32.7. The van der Waals surface area contributed by atoms with Crippen LogP contribution in [-0.4, -0.2) is 23.6 Å². The van der Waals surface area contributed by atoms with Gasteiger partial charge in [0.25, 0.3) is 0 Å². The van der Waals surface area contributed by atoms with Gasteiger partial charge in [0.15, 0.2) is 0 Å². The number of carbonyl (C=O) groups is 2. The maximum Gasteiger partial charge on any atom is 0.408 e. The van der Waals surface area contributed by atoms with Crippen LogP contribution in [0.5, 0.6) is 0 Å². The Morgan fingerprint density at radius 2 is 1.65 bits per heavy atom. The van der Waals surface area contributed by atoms with E-state index in [2.05, 4.69) is 10.6 Å². The fourth-order valence-electron chi connectivity index (χ4n) is 5.64. The molecule has 0 spiro atoms. The molecule has 4 aliphatic rings. The van der Waals surface area contributed by atoms with Crippen LogP contribution in [0.4, 0.5) is 4.79 Å². The number of nitrogens with one attached hydrogen (secondary N) is 2. The van der Waals surface area contributed by atoms with Gasteiger partial charge in [-0.1, -0.05) is 30.3 Å². The fourth-order valence-corrected chi connectivity index (χ4v) is 5.64. The first-order valence-electron chi connectivity index (χ1n) is 9.80. The largest absolute Gasteiger partial charge is 0.445 e. The SMILES string of the molecule is C[C@@H](NC(=O)OCc1ccccc1)C(=O)NC12CC3CC(CC(C3)C1)C2. The molecule has 1 atom stereocenters. The summed E-state index contributed by atoms with van der Waals surface area (Å²) in [6.45, 7) is 1.93. The molecule has 0 aromatic heterocycles. The van der Waals surface area contributed by atoms with E-state index in [9.17, 15) is 9.59 Å². The Morgan fingerprint density at radius 3 is 2.23 bits per heavy atom. The fraction of sp³-hybridized carbons (Fsp3) is 0.619. The molecule has 4 bridgehead atoms. The Labute approximate surface area is 154 Å². The Hall–Kier alpha value is -2.04. The summed E-state index contributed by atoms with van der Waals surface area (Å²) in [5, 5.41) is 5.95. The van der Waals surface area contributed by atoms with Crippen LogP contribution in [0.2, 0.25) is 0 Å². The molecule has 5 heteroatoms. The molecule has 0 unspecified atom stereocenters. The lowest BCUT2D eigenvalue weighted by molar-refractivity contribution is -0.128. The van der Waals surface area contributed by atoms with Crippen LogP contribution >= 0.6 is 0 Å². The van der Waals surface area contributed by atoms with Crippen molar-refractivity contribution in [2.75, 3.05) is 0 Å². The number of ether oxygens (including phenoxy) is 1. The summed E-state index contributed by atoms with van der Waals surface area (Å²) in [5.41, 5.74) is 0.892. The van der Waals surface area contributed by atoms with Gasteiger partial charge in [-0.15, -0.1) is 0 Å². The van der Waals surface area contributed by atoms with Gasteiger partial charge in [-0.25, -0.2) is 4.79 Å². The minimum absolute atomic E-state index is 0.0320. The number of amides is 2. The van der Waals surface area contributed by atoms with E-state index >= 15 is 0 Å². The van der Waals surface area contributed by atoms with Gasteiger partial charge < -0.3 is 15.4 Å². The van der Waals surface area contributed by atoms with Crippen LogP contribution in [-0.2, 0) is 16.1 Å². The standard InChI is InChI=1S/C21H28N2O3/c1-14(22-20(25)26-13-15-5-3-2-4-6-15)19(24)23-21-10-16-7-17(11-21)9-18(8-16)12-21/h2-6,14,16-18H,7-13H2,1H3,(H,22,25)(H,23,24)/t14-,16?,17?,18?,21?/m1/s1. The zero-order valence-electron chi connectivity index (χ0n) is 15.4. The van der Waals surface area contributed by atoms with Gasteiger partial charge in [0.05, 0.1) is 0 Å². The monoisotopic (exact) mass is 356 g/mol. The second kappa shape index (κ2) is 6.93. The van der Waals surface area contributed by atoms with Gasteiger partial charge >= 0.3 is 6.09 Å². The Bertz CT molecular complexity index is 638. The van der Waals surface area contributed by atoms with E-state index < -0.39 is 12.1 Å². The minimum atomic E-state index is -0.591. The summed E-state index contributed by atoms with van der Waals surface area (Å²) < 4.78 is 5.21. The number of hydrogen-bond donors (Lipinski definition) is 2. The number of carbonyl (C=O) groups excluding carboxylic acids is 2. The minimum Gasteiger partial charge on any atom is -0.445 e. The third-order valence-corrected chi connectivity index (χ3v) is 6.37. The van der Waals surface area contributed by atoms with Gasteiger partial charge in [0.1, 0.15) is 12.6 Å². The van der Waals surface area contributed by atoms with Gasteiger partial charge in [-0.05, 0) is 68.8 Å². The second-order valence-electron chi connectivity index (χ2n) is 8.61. The maximum atomic E-state index is 12.7. The average molecular weight is 356 g/mol. The quantitative estimate of drug-likeness (QED) is 0.850. The highest BCUT2D eigenvalue weighted by Crippen LogP contribution is 2.55. The van der Waals surface area contributed by atoms with Crippen LogP contribution in [0.25, 0.3) is 0 Å². The molecule has 1 aromatic carbocycles. The predicted molar refractivity (Wildman–Crippen MR) is 98.3 cm³/mol. The third-order valence-electron chi connectivity index (χ3n) is 6.37. The highest BCUT2D eigenvalue weighted by atomic mass is 16.5. The second-order valence-corrected chi connectivity index (χ2v) is 8.61. The first-order chi connectivity index (χ1) is 12.5. The molecule has 4 saturated carbocycles. The molecule has 4 aliphatic carbocycles. The molecule has 140 valence electrons. The van der Waals surface area contributed by atoms with E-state index in [0.717, 1.165) is 42.6 Å². The Kier molecular flexibility index (Phi) is 4.63. The van der Waals surface area contributed by atoms with Crippen LogP contribution in [0.3, 0.4) is 0 Å². The molecule has 0 radical (unpaired) electrons. The third kappa shape index (κ3) is 3.71. The van der Waals surface area contributed by atoms with Crippen LogP contribution in [0, 0.1) is 17.8 Å². The highest BCUT2D eigenvalue weighted by Gasteiger charge is 2.51. The van der Waals surface area contributed by atoms with E-state index in [0.29, 0.717) is 0 Å². The van der Waals surface area contributed by atoms with Crippen molar-refractivity contribution in [2.24, 2.45) is 17.8 Å². The molecule has 0 aliphatic heterocycles. The molecule has 2 N–H and O–H groups in total. The van der Waals surface area contributed by atoms with Crippen LogP contribution < -0.4 is 10.6 Å². The van der Waals surface area contributed by atoms with E-state index in [4.69, 9.17) is 4.74 Å². The van der Waals surface area contributed by atoms with Gasteiger partial charge in [-0.2, -0.15) is 0 Å². The molecule has 5 nitrogen and oxygen atoms in total. The van der Waals surface area contributed by atoms with Gasteiger partial charge in [0, 0.05) is 5.54 Å². The lowest BCUT2D eigenvalue weighted by Gasteiger charge is -2.57. The van der Waals surface area contributed by atoms with Gasteiger partial charge in [0.2, 0.25) is 5.91 Å². The van der Waals surface area contributed by atoms with Crippen molar-refractivity contribution in [3.8, 4) is 0 Å². The molecule has 26 heavy (non-hydrogen) atoms. The van der Waals surface area contributed by atoms with Crippen molar-refractivity contribution in [3.63, 3.8) is 0 Å². The van der Waals surface area contributed by atoms with E-state index in [-0.39, 0.29) is 18.1 Å². The summed E-state index contributed by atoms with van der Waals surface area (Å²) >= 11 is 0. The molecule has 0 heterocycles. The molecule has 1 aromatic rings. The van der Waals surface area contributed by atoms with Crippen molar-refractivity contribution >= 4 is 12.0 Å². The van der Waals surface area contributed by atoms with Crippen molar-refractivity contribution in [1.29, 1.82) is 0 Å². The van der Waals surface area contributed by atoms with Crippen LogP contribution in [0.1, 0.15) is 51.0 Å². The summed E-state index contributed by atoms with van der Waals surface area (Å²) in [7, 11) is 0. The smallest absolute Gasteiger partial charge is 0.408 e. The molecular formula is C21H28N2O3. The molecule has 2 amide bonds. The lowest BCUT2D eigenvalue weighted by Crippen LogP contribution is -2.62. The zero-order chi connectivity index (χ0) is 18.1. The summed E-state index contributed by atoms with van der Waals surface area (Å²) in [5.74, 6) is 2.24. The van der Waals surface area contributed by atoms with Crippen molar-refractivity contribution in [3.05, 3.63) is 35.9 Å². The maximum absolute atomic E-state index is 12.7. The molecule has 4 fully saturated rings. The van der Waals surface area contributed by atoms with E-state index in [1.165, 1.54) is 19.3 Å². The highest BCUT2D eigenvalue weighted by molar-refractivity contribution is 5.85. The van der Waals surface area contributed by atoms with E-state index in [1.54, 1.807) is 6.92 Å². The van der Waals surface area contributed by atoms with E-state index in [1.807, 2.05) is 30.3 Å².